The lowest BCUT2D eigenvalue weighted by Crippen LogP contribution is -2.14. The van der Waals surface area contributed by atoms with Gasteiger partial charge in [0.1, 0.15) is 11.5 Å². The minimum atomic E-state index is -0.324. The average molecular weight is 313 g/mol. The number of amides is 1. The van der Waals surface area contributed by atoms with Crippen molar-refractivity contribution in [2.75, 3.05) is 5.32 Å². The van der Waals surface area contributed by atoms with Crippen molar-refractivity contribution in [3.05, 3.63) is 52.6 Å². The highest BCUT2D eigenvalue weighted by molar-refractivity contribution is 6.05. The second kappa shape index (κ2) is 5.95. The molecule has 2 aromatic carbocycles. The van der Waals surface area contributed by atoms with Crippen molar-refractivity contribution in [3.8, 4) is 11.5 Å². The van der Waals surface area contributed by atoms with Crippen molar-refractivity contribution in [1.82, 2.24) is 0 Å². The van der Waals surface area contributed by atoms with Crippen LogP contribution < -0.4 is 5.32 Å². The second-order valence-electron chi connectivity index (χ2n) is 6.97. The van der Waals surface area contributed by atoms with Gasteiger partial charge in [0, 0.05) is 17.2 Å². The smallest absolute Gasteiger partial charge is 0.255 e. The van der Waals surface area contributed by atoms with Crippen LogP contribution in [0.1, 0.15) is 47.8 Å². The van der Waals surface area contributed by atoms with Gasteiger partial charge in [-0.1, -0.05) is 38.0 Å². The maximum atomic E-state index is 12.4. The molecule has 0 atom stereocenters. The molecular weight excluding hydrogens is 290 g/mol. The molecule has 3 N–H and O–H groups in total. The molecule has 0 saturated heterocycles. The van der Waals surface area contributed by atoms with E-state index in [2.05, 4.69) is 5.32 Å². The van der Waals surface area contributed by atoms with Gasteiger partial charge in [0.25, 0.3) is 5.91 Å². The van der Waals surface area contributed by atoms with Gasteiger partial charge in [-0.05, 0) is 37.5 Å². The highest BCUT2D eigenvalue weighted by atomic mass is 16.3. The first-order valence-corrected chi connectivity index (χ1v) is 7.54. The van der Waals surface area contributed by atoms with Crippen LogP contribution in [0.4, 0.5) is 5.69 Å². The average Bonchev–Trinajstić information content (AvgIpc) is 2.40. The van der Waals surface area contributed by atoms with Crippen LogP contribution in [-0.4, -0.2) is 16.1 Å². The standard InChI is InChI=1S/C19H23NO3/c1-11-6-12(2)8-13(7-11)18(23)20-15-10-16(21)14(9-17(15)22)19(3,4)5/h6-10,21-22H,1-5H3,(H,20,23). The summed E-state index contributed by atoms with van der Waals surface area (Å²) in [6, 6.07) is 8.42. The van der Waals surface area contributed by atoms with Gasteiger partial charge in [0.05, 0.1) is 5.69 Å². The summed E-state index contributed by atoms with van der Waals surface area (Å²) in [5, 5.41) is 23.0. The molecule has 0 spiro atoms. The largest absolute Gasteiger partial charge is 0.508 e. The normalized spacial score (nSPS) is 11.3. The van der Waals surface area contributed by atoms with E-state index in [0.717, 1.165) is 11.1 Å². The van der Waals surface area contributed by atoms with Gasteiger partial charge in [-0.25, -0.2) is 0 Å². The number of aryl methyl sites for hydroxylation is 2. The van der Waals surface area contributed by atoms with Crippen molar-refractivity contribution < 1.29 is 15.0 Å². The first kappa shape index (κ1) is 16.9. The summed E-state index contributed by atoms with van der Waals surface area (Å²) in [4.78, 5) is 12.4. The fourth-order valence-corrected chi connectivity index (χ4v) is 2.58. The van der Waals surface area contributed by atoms with E-state index < -0.39 is 0 Å². The summed E-state index contributed by atoms with van der Waals surface area (Å²) in [5.41, 5.74) is 3.01. The Morgan fingerprint density at radius 3 is 2.00 bits per heavy atom. The summed E-state index contributed by atoms with van der Waals surface area (Å²) >= 11 is 0. The van der Waals surface area contributed by atoms with E-state index in [-0.39, 0.29) is 28.5 Å². The van der Waals surface area contributed by atoms with Gasteiger partial charge >= 0.3 is 0 Å². The lowest BCUT2D eigenvalue weighted by atomic mass is 9.86. The zero-order valence-corrected chi connectivity index (χ0v) is 14.2. The van der Waals surface area contributed by atoms with E-state index in [1.165, 1.54) is 12.1 Å². The molecule has 4 nitrogen and oxygen atoms in total. The molecule has 0 unspecified atom stereocenters. The number of phenols is 2. The van der Waals surface area contributed by atoms with Gasteiger partial charge in [-0.15, -0.1) is 0 Å². The van der Waals surface area contributed by atoms with Crippen LogP contribution in [0.2, 0.25) is 0 Å². The number of hydrogen-bond acceptors (Lipinski definition) is 3. The van der Waals surface area contributed by atoms with Crippen molar-refractivity contribution in [1.29, 1.82) is 0 Å². The molecule has 2 rings (SSSR count). The molecule has 122 valence electrons. The Balaban J connectivity index is 2.33. The number of carbonyl (C=O) groups excluding carboxylic acids is 1. The third kappa shape index (κ3) is 3.83. The van der Waals surface area contributed by atoms with E-state index in [4.69, 9.17) is 0 Å². The first-order chi connectivity index (χ1) is 10.6. The summed E-state index contributed by atoms with van der Waals surface area (Å²) in [7, 11) is 0. The van der Waals surface area contributed by atoms with Crippen LogP contribution in [-0.2, 0) is 5.41 Å². The zero-order valence-electron chi connectivity index (χ0n) is 14.2. The highest BCUT2D eigenvalue weighted by Crippen LogP contribution is 2.38. The molecule has 0 saturated carbocycles. The van der Waals surface area contributed by atoms with Gasteiger partial charge in [0.15, 0.2) is 0 Å². The molecule has 0 aliphatic heterocycles. The Morgan fingerprint density at radius 1 is 0.913 bits per heavy atom. The highest BCUT2D eigenvalue weighted by Gasteiger charge is 2.21. The zero-order chi connectivity index (χ0) is 17.4. The van der Waals surface area contributed by atoms with Crippen molar-refractivity contribution in [2.24, 2.45) is 0 Å². The number of aromatic hydroxyl groups is 2. The van der Waals surface area contributed by atoms with Gasteiger partial charge in [-0.2, -0.15) is 0 Å². The lowest BCUT2D eigenvalue weighted by molar-refractivity contribution is 0.102. The second-order valence-corrected chi connectivity index (χ2v) is 6.97. The Hall–Kier alpha value is -2.49. The molecule has 0 fully saturated rings. The van der Waals surface area contributed by atoms with E-state index >= 15 is 0 Å². The summed E-state index contributed by atoms with van der Waals surface area (Å²) in [5.74, 6) is -0.341. The Kier molecular flexibility index (Phi) is 4.37. The fraction of sp³-hybridized carbons (Fsp3) is 0.316. The molecule has 1 amide bonds. The minimum Gasteiger partial charge on any atom is -0.508 e. The van der Waals surface area contributed by atoms with Gasteiger partial charge < -0.3 is 15.5 Å². The lowest BCUT2D eigenvalue weighted by Gasteiger charge is -2.21. The van der Waals surface area contributed by atoms with Crippen molar-refractivity contribution in [3.63, 3.8) is 0 Å². The number of nitrogens with one attached hydrogen (secondary N) is 1. The molecular formula is C19H23NO3. The molecule has 2 aromatic rings. The van der Waals surface area contributed by atoms with E-state index in [1.807, 2.05) is 40.7 Å². The Labute approximate surface area is 136 Å². The summed E-state index contributed by atoms with van der Waals surface area (Å²) in [6.45, 7) is 9.66. The molecule has 4 heteroatoms. The SMILES string of the molecule is Cc1cc(C)cc(C(=O)Nc2cc(O)c(C(C)(C)C)cc2O)c1. The number of phenolic OH excluding ortho intramolecular Hbond substituents is 2. The van der Waals surface area contributed by atoms with Crippen LogP contribution in [0.15, 0.2) is 30.3 Å². The predicted molar refractivity (Wildman–Crippen MR) is 92.3 cm³/mol. The van der Waals surface area contributed by atoms with Crippen LogP contribution in [0, 0.1) is 13.8 Å². The van der Waals surface area contributed by atoms with Crippen LogP contribution >= 0.6 is 0 Å². The van der Waals surface area contributed by atoms with Gasteiger partial charge in [0.2, 0.25) is 0 Å². The predicted octanol–water partition coefficient (Wildman–Crippen LogP) is 4.26. The first-order valence-electron chi connectivity index (χ1n) is 7.54. The maximum absolute atomic E-state index is 12.4. The van der Waals surface area contributed by atoms with Crippen LogP contribution in [0.5, 0.6) is 11.5 Å². The number of benzene rings is 2. The Bertz CT molecular complexity index is 738. The van der Waals surface area contributed by atoms with E-state index in [0.29, 0.717) is 11.1 Å². The molecule has 0 aliphatic rings. The summed E-state index contributed by atoms with van der Waals surface area (Å²) < 4.78 is 0. The van der Waals surface area contributed by atoms with Crippen LogP contribution in [0.3, 0.4) is 0 Å². The molecule has 0 aliphatic carbocycles. The minimum absolute atomic E-state index is 0.0472. The molecule has 0 aromatic heterocycles. The third-order valence-corrected chi connectivity index (χ3v) is 3.65. The van der Waals surface area contributed by atoms with Crippen molar-refractivity contribution in [2.45, 2.75) is 40.0 Å². The monoisotopic (exact) mass is 313 g/mol. The van der Waals surface area contributed by atoms with Crippen LogP contribution in [0.25, 0.3) is 0 Å². The van der Waals surface area contributed by atoms with E-state index in [9.17, 15) is 15.0 Å². The molecule has 23 heavy (non-hydrogen) atoms. The molecule has 0 heterocycles. The molecule has 0 bridgehead atoms. The molecule has 0 radical (unpaired) electrons. The summed E-state index contributed by atoms with van der Waals surface area (Å²) in [6.07, 6.45) is 0. The number of anilines is 1. The fourth-order valence-electron chi connectivity index (χ4n) is 2.58. The number of hydrogen-bond donors (Lipinski definition) is 3. The third-order valence-electron chi connectivity index (χ3n) is 3.65. The number of rotatable bonds is 2. The van der Waals surface area contributed by atoms with Crippen molar-refractivity contribution >= 4 is 11.6 Å². The topological polar surface area (TPSA) is 69.6 Å². The maximum Gasteiger partial charge on any atom is 0.255 e. The quantitative estimate of drug-likeness (QED) is 0.573. The number of carbonyl (C=O) groups is 1. The Morgan fingerprint density at radius 2 is 1.48 bits per heavy atom. The van der Waals surface area contributed by atoms with E-state index in [1.54, 1.807) is 12.1 Å². The van der Waals surface area contributed by atoms with Gasteiger partial charge in [-0.3, -0.25) is 4.79 Å².